The normalized spacial score (nSPS) is 11.3. The molecule has 6 nitrogen and oxygen atoms in total. The zero-order chi connectivity index (χ0) is 16.8. The van der Waals surface area contributed by atoms with Gasteiger partial charge in [0.15, 0.2) is 22.8 Å². The van der Waals surface area contributed by atoms with E-state index in [4.69, 9.17) is 16.0 Å². The van der Waals surface area contributed by atoms with E-state index in [1.54, 1.807) is 31.5 Å². The number of furan rings is 1. The summed E-state index contributed by atoms with van der Waals surface area (Å²) in [6.07, 6.45) is 3.25. The zero-order valence-electron chi connectivity index (χ0n) is 12.4. The van der Waals surface area contributed by atoms with Crippen molar-refractivity contribution in [1.82, 2.24) is 14.4 Å². The molecule has 0 bridgehead atoms. The minimum atomic E-state index is -0.529. The smallest absolute Gasteiger partial charge is 0.291 e. The van der Waals surface area contributed by atoms with Crippen LogP contribution in [0.2, 0.25) is 5.15 Å². The second kappa shape index (κ2) is 5.31. The van der Waals surface area contributed by atoms with Crippen LogP contribution >= 0.6 is 11.6 Å². The van der Waals surface area contributed by atoms with Gasteiger partial charge in [-0.2, -0.15) is 0 Å². The zero-order valence-corrected chi connectivity index (χ0v) is 13.1. The highest BCUT2D eigenvalue weighted by molar-refractivity contribution is 6.29. The number of hydrogen-bond acceptors (Lipinski definition) is 4. The van der Waals surface area contributed by atoms with Gasteiger partial charge in [0.25, 0.3) is 5.91 Å². The number of pyridine rings is 2. The Balaban J connectivity index is 1.67. The van der Waals surface area contributed by atoms with E-state index in [1.165, 1.54) is 16.5 Å². The number of aryl methyl sites for hydroxylation is 1. The van der Waals surface area contributed by atoms with Crippen LogP contribution in [0.15, 0.2) is 41.1 Å². The first kappa shape index (κ1) is 14.6. The summed E-state index contributed by atoms with van der Waals surface area (Å²) in [6.45, 7) is 1.76. The first-order chi connectivity index (χ1) is 11.5. The van der Waals surface area contributed by atoms with Crippen LogP contribution in [-0.4, -0.2) is 20.3 Å². The molecule has 0 radical (unpaired) electrons. The summed E-state index contributed by atoms with van der Waals surface area (Å²) in [7, 11) is 0. The largest absolute Gasteiger partial charge is 0.449 e. The highest BCUT2D eigenvalue weighted by Crippen LogP contribution is 2.21. The Kier molecular flexibility index (Phi) is 3.24. The fourth-order valence-corrected chi connectivity index (χ4v) is 2.61. The summed E-state index contributed by atoms with van der Waals surface area (Å²) in [5, 5.41) is 2.90. The van der Waals surface area contributed by atoms with Crippen molar-refractivity contribution < 1.29 is 13.6 Å². The summed E-state index contributed by atoms with van der Waals surface area (Å²) in [5.41, 5.74) is 2.08. The molecule has 0 aliphatic carbocycles. The van der Waals surface area contributed by atoms with E-state index in [0.717, 1.165) is 0 Å². The van der Waals surface area contributed by atoms with Crippen LogP contribution < -0.4 is 5.32 Å². The van der Waals surface area contributed by atoms with Gasteiger partial charge in [-0.05, 0) is 19.1 Å². The molecule has 0 aliphatic rings. The number of imidazole rings is 1. The van der Waals surface area contributed by atoms with Gasteiger partial charge in [0.05, 0.1) is 11.4 Å². The molecule has 4 aromatic heterocycles. The summed E-state index contributed by atoms with van der Waals surface area (Å²) in [6, 6.07) is 5.88. The monoisotopic (exact) mass is 344 g/mol. The molecule has 4 heterocycles. The molecule has 120 valence electrons. The third-order valence-corrected chi connectivity index (χ3v) is 3.66. The molecule has 0 aromatic carbocycles. The lowest BCUT2D eigenvalue weighted by atomic mass is 10.3. The van der Waals surface area contributed by atoms with Gasteiger partial charge in [-0.1, -0.05) is 11.6 Å². The van der Waals surface area contributed by atoms with E-state index in [-0.39, 0.29) is 17.1 Å². The molecule has 4 rings (SSSR count). The number of rotatable bonds is 2. The van der Waals surface area contributed by atoms with E-state index in [2.05, 4.69) is 15.3 Å². The predicted molar refractivity (Wildman–Crippen MR) is 86.9 cm³/mol. The molecule has 4 aromatic rings. The molecule has 24 heavy (non-hydrogen) atoms. The number of amides is 1. The van der Waals surface area contributed by atoms with Gasteiger partial charge >= 0.3 is 0 Å². The van der Waals surface area contributed by atoms with Crippen LogP contribution in [-0.2, 0) is 0 Å². The number of fused-ring (bicyclic) bond motifs is 2. The van der Waals surface area contributed by atoms with E-state index < -0.39 is 11.7 Å². The molecule has 0 fully saturated rings. The van der Waals surface area contributed by atoms with Crippen molar-refractivity contribution in [2.24, 2.45) is 0 Å². The average Bonchev–Trinajstić information content (AvgIpc) is 3.09. The summed E-state index contributed by atoms with van der Waals surface area (Å²) >= 11 is 5.81. The quantitative estimate of drug-likeness (QED) is 0.561. The van der Waals surface area contributed by atoms with E-state index in [0.29, 0.717) is 21.9 Å². The minimum Gasteiger partial charge on any atom is -0.449 e. The molecule has 1 N–H and O–H groups in total. The molecular weight excluding hydrogens is 335 g/mol. The Morgan fingerprint density at radius 1 is 1.29 bits per heavy atom. The molecule has 0 saturated carbocycles. The molecule has 1 amide bonds. The highest BCUT2D eigenvalue weighted by atomic mass is 35.5. The molecular formula is C16H10ClFN4O2. The fourth-order valence-electron chi connectivity index (χ4n) is 2.45. The Morgan fingerprint density at radius 3 is 2.96 bits per heavy atom. The topological polar surface area (TPSA) is 72.4 Å². The van der Waals surface area contributed by atoms with Gasteiger partial charge in [0.2, 0.25) is 0 Å². The van der Waals surface area contributed by atoms with Crippen LogP contribution in [0.1, 0.15) is 16.2 Å². The Bertz CT molecular complexity index is 1100. The number of nitrogens with one attached hydrogen (secondary N) is 1. The maximum absolute atomic E-state index is 14.0. The van der Waals surface area contributed by atoms with Crippen molar-refractivity contribution >= 4 is 39.9 Å². The van der Waals surface area contributed by atoms with E-state index >= 15 is 0 Å². The number of anilines is 1. The second-order valence-electron chi connectivity index (χ2n) is 5.27. The van der Waals surface area contributed by atoms with Crippen LogP contribution in [0.25, 0.3) is 16.7 Å². The lowest BCUT2D eigenvalue weighted by molar-refractivity contribution is 0.0998. The van der Waals surface area contributed by atoms with E-state index in [9.17, 15) is 9.18 Å². The third-order valence-electron chi connectivity index (χ3n) is 3.45. The van der Waals surface area contributed by atoms with Gasteiger partial charge in [-0.25, -0.2) is 14.4 Å². The van der Waals surface area contributed by atoms with E-state index in [1.807, 2.05) is 0 Å². The molecule has 0 saturated heterocycles. The number of carbonyl (C=O) groups is 1. The maximum atomic E-state index is 14.0. The first-order valence-electron chi connectivity index (χ1n) is 7.02. The van der Waals surface area contributed by atoms with Crippen LogP contribution in [0.4, 0.5) is 10.1 Å². The van der Waals surface area contributed by atoms with Crippen LogP contribution in [0.3, 0.4) is 0 Å². The minimum absolute atomic E-state index is 0.0575. The van der Waals surface area contributed by atoms with Crippen molar-refractivity contribution in [2.75, 3.05) is 5.32 Å². The van der Waals surface area contributed by atoms with Crippen molar-refractivity contribution in [3.63, 3.8) is 0 Å². The number of halogens is 2. The Labute approximate surface area is 139 Å². The number of aromatic nitrogens is 3. The van der Waals surface area contributed by atoms with Gasteiger partial charge in [-0.15, -0.1) is 0 Å². The van der Waals surface area contributed by atoms with Gasteiger partial charge in [-0.3, -0.25) is 4.79 Å². The van der Waals surface area contributed by atoms with Crippen molar-refractivity contribution in [1.29, 1.82) is 0 Å². The average molecular weight is 345 g/mol. The Morgan fingerprint density at radius 2 is 2.12 bits per heavy atom. The summed E-state index contributed by atoms with van der Waals surface area (Å²) in [5.74, 6) is -0.985. The number of carbonyl (C=O) groups excluding carboxylic acids is 1. The molecule has 0 spiro atoms. The van der Waals surface area contributed by atoms with Gasteiger partial charge < -0.3 is 14.1 Å². The maximum Gasteiger partial charge on any atom is 0.291 e. The van der Waals surface area contributed by atoms with Gasteiger partial charge in [0.1, 0.15) is 10.7 Å². The first-order valence-corrected chi connectivity index (χ1v) is 7.40. The second-order valence-corrected chi connectivity index (χ2v) is 5.66. The third kappa shape index (κ3) is 2.48. The van der Waals surface area contributed by atoms with Crippen molar-refractivity contribution in [3.8, 4) is 0 Å². The highest BCUT2D eigenvalue weighted by Gasteiger charge is 2.15. The Hall–Kier alpha value is -2.93. The lowest BCUT2D eigenvalue weighted by Gasteiger charge is -2.04. The van der Waals surface area contributed by atoms with Gasteiger partial charge in [0, 0.05) is 24.5 Å². The standard InChI is InChI=1S/C16H10ClFN4O2/c1-8-6-22-7-9(4-10(18)15(22)19-8)20-16(23)13-5-11-12(24-13)2-3-14(17)21-11/h2-7H,1H3,(H,20,23). The fraction of sp³-hybridized carbons (Fsp3) is 0.0625. The SMILES string of the molecule is Cc1cn2cc(NC(=O)c3cc4nc(Cl)ccc4o3)cc(F)c2n1. The van der Waals surface area contributed by atoms with Crippen LogP contribution in [0, 0.1) is 12.7 Å². The molecule has 8 heteroatoms. The van der Waals surface area contributed by atoms with Crippen molar-refractivity contribution in [3.05, 3.63) is 59.1 Å². The number of hydrogen-bond donors (Lipinski definition) is 1. The lowest BCUT2D eigenvalue weighted by Crippen LogP contribution is -2.11. The molecule has 0 atom stereocenters. The van der Waals surface area contributed by atoms with Crippen molar-refractivity contribution in [2.45, 2.75) is 6.92 Å². The molecule has 0 aliphatic heterocycles. The molecule has 0 unspecified atom stereocenters. The summed E-state index contributed by atoms with van der Waals surface area (Å²) in [4.78, 5) is 20.4. The van der Waals surface area contributed by atoms with Crippen LogP contribution in [0.5, 0.6) is 0 Å². The number of nitrogens with zero attached hydrogens (tertiary/aromatic N) is 3. The summed E-state index contributed by atoms with van der Waals surface area (Å²) < 4.78 is 21.0. The predicted octanol–water partition coefficient (Wildman–Crippen LogP) is 3.83.